The Morgan fingerprint density at radius 2 is 1.89 bits per heavy atom. The summed E-state index contributed by atoms with van der Waals surface area (Å²) < 4.78 is 2.15. The number of aromatic amines is 1. The Labute approximate surface area is 166 Å². The lowest BCUT2D eigenvalue weighted by atomic mass is 10.1. The fourth-order valence-electron chi connectivity index (χ4n) is 3.47. The number of rotatable bonds is 2. The van der Waals surface area contributed by atoms with E-state index < -0.39 is 0 Å². The summed E-state index contributed by atoms with van der Waals surface area (Å²) >= 11 is 11.9. The normalized spacial score (nSPS) is 14.7. The molecule has 2 aromatic heterocycles. The van der Waals surface area contributed by atoms with E-state index in [1.807, 2.05) is 32.0 Å². The molecule has 0 bridgehead atoms. The van der Waals surface area contributed by atoms with E-state index in [1.54, 1.807) is 4.57 Å². The molecule has 140 valence electrons. The molecule has 0 radical (unpaired) electrons. The molecule has 1 N–H and O–H groups in total. The second kappa shape index (κ2) is 7.05. The SMILES string of the molecule is Cc1ccc(-n2c(C)nc3nc(N4CCCCC4)[nH]c(=O)c3c2=S)cc1Cl. The van der Waals surface area contributed by atoms with Gasteiger partial charge in [-0.2, -0.15) is 4.98 Å². The summed E-state index contributed by atoms with van der Waals surface area (Å²) in [6, 6.07) is 5.67. The average Bonchev–Trinajstić information content (AvgIpc) is 2.64. The quantitative estimate of drug-likeness (QED) is 0.655. The summed E-state index contributed by atoms with van der Waals surface area (Å²) in [7, 11) is 0. The van der Waals surface area contributed by atoms with Gasteiger partial charge in [-0.3, -0.25) is 14.3 Å². The molecule has 0 amide bonds. The lowest BCUT2D eigenvalue weighted by Crippen LogP contribution is -2.32. The Morgan fingerprint density at radius 3 is 2.59 bits per heavy atom. The van der Waals surface area contributed by atoms with Crippen LogP contribution in [-0.4, -0.2) is 32.6 Å². The first-order valence-corrected chi connectivity index (χ1v) is 9.79. The third-order valence-corrected chi connectivity index (χ3v) is 5.76. The van der Waals surface area contributed by atoms with Gasteiger partial charge >= 0.3 is 0 Å². The van der Waals surface area contributed by atoms with Crippen molar-refractivity contribution in [3.63, 3.8) is 0 Å². The van der Waals surface area contributed by atoms with E-state index in [9.17, 15) is 4.79 Å². The number of anilines is 1. The zero-order chi connectivity index (χ0) is 19.1. The first-order chi connectivity index (χ1) is 13.0. The highest BCUT2D eigenvalue weighted by atomic mass is 35.5. The summed E-state index contributed by atoms with van der Waals surface area (Å²) in [5.74, 6) is 1.24. The van der Waals surface area contributed by atoms with Gasteiger partial charge in [-0.1, -0.05) is 29.9 Å². The third-order valence-electron chi connectivity index (χ3n) is 4.97. The van der Waals surface area contributed by atoms with Crippen LogP contribution in [0.15, 0.2) is 23.0 Å². The van der Waals surface area contributed by atoms with Crippen molar-refractivity contribution < 1.29 is 0 Å². The predicted octanol–water partition coefficient (Wildman–Crippen LogP) is 4.10. The number of fused-ring (bicyclic) bond motifs is 1. The first kappa shape index (κ1) is 18.1. The number of nitrogens with one attached hydrogen (secondary N) is 1. The van der Waals surface area contributed by atoms with E-state index >= 15 is 0 Å². The molecule has 3 heterocycles. The van der Waals surface area contributed by atoms with Crippen LogP contribution in [0, 0.1) is 18.5 Å². The minimum Gasteiger partial charge on any atom is -0.342 e. The van der Waals surface area contributed by atoms with Crippen molar-refractivity contribution in [3.8, 4) is 5.69 Å². The summed E-state index contributed by atoms with van der Waals surface area (Å²) in [4.78, 5) is 27.0. The van der Waals surface area contributed by atoms with Crippen LogP contribution in [-0.2, 0) is 0 Å². The molecule has 4 rings (SSSR count). The second-order valence-electron chi connectivity index (χ2n) is 6.87. The summed E-state index contributed by atoms with van der Waals surface area (Å²) in [6.07, 6.45) is 3.41. The van der Waals surface area contributed by atoms with Crippen molar-refractivity contribution in [1.82, 2.24) is 19.5 Å². The van der Waals surface area contributed by atoms with Gasteiger partial charge in [0.15, 0.2) is 5.65 Å². The standard InChI is InChI=1S/C19H20ClN5OS/c1-11-6-7-13(10-14(11)20)25-12(2)21-16-15(18(25)27)17(26)23-19(22-16)24-8-4-3-5-9-24/h6-7,10H,3-5,8-9H2,1-2H3,(H,22,23,26). The maximum absolute atomic E-state index is 12.8. The lowest BCUT2D eigenvalue weighted by Gasteiger charge is -2.27. The van der Waals surface area contributed by atoms with Gasteiger partial charge in [-0.25, -0.2) is 4.98 Å². The number of halogens is 1. The smallest absolute Gasteiger partial charge is 0.264 e. The van der Waals surface area contributed by atoms with Crippen LogP contribution in [0.25, 0.3) is 16.7 Å². The lowest BCUT2D eigenvalue weighted by molar-refractivity contribution is 0.568. The highest BCUT2D eigenvalue weighted by Gasteiger charge is 2.17. The van der Waals surface area contributed by atoms with Gasteiger partial charge in [0, 0.05) is 23.8 Å². The van der Waals surface area contributed by atoms with Crippen LogP contribution in [0.2, 0.25) is 5.02 Å². The highest BCUT2D eigenvalue weighted by molar-refractivity contribution is 7.71. The molecule has 1 aliphatic rings. The van der Waals surface area contributed by atoms with Gasteiger partial charge in [0.05, 0.1) is 0 Å². The number of aromatic nitrogens is 4. The van der Waals surface area contributed by atoms with Crippen LogP contribution in [0.3, 0.4) is 0 Å². The van der Waals surface area contributed by atoms with Crippen LogP contribution < -0.4 is 10.5 Å². The van der Waals surface area contributed by atoms with E-state index in [-0.39, 0.29) is 5.56 Å². The van der Waals surface area contributed by atoms with E-state index in [0.29, 0.717) is 32.5 Å². The van der Waals surface area contributed by atoms with Gasteiger partial charge < -0.3 is 4.90 Å². The Kier molecular flexibility index (Phi) is 4.74. The molecule has 8 heteroatoms. The maximum Gasteiger partial charge on any atom is 0.264 e. The maximum atomic E-state index is 12.8. The largest absolute Gasteiger partial charge is 0.342 e. The zero-order valence-electron chi connectivity index (χ0n) is 15.3. The average molecular weight is 402 g/mol. The molecule has 1 aromatic carbocycles. The number of aryl methyl sites for hydroxylation is 2. The summed E-state index contributed by atoms with van der Waals surface area (Å²) in [5, 5.41) is 0.967. The van der Waals surface area contributed by atoms with Crippen LogP contribution >= 0.6 is 23.8 Å². The monoisotopic (exact) mass is 401 g/mol. The molecular formula is C19H20ClN5OS. The molecule has 0 saturated carbocycles. The van der Waals surface area contributed by atoms with Crippen LogP contribution in [0.4, 0.5) is 5.95 Å². The topological polar surface area (TPSA) is 66.8 Å². The van der Waals surface area contributed by atoms with Crippen molar-refractivity contribution >= 4 is 40.8 Å². The number of piperidine rings is 1. The van der Waals surface area contributed by atoms with Crippen molar-refractivity contribution in [2.75, 3.05) is 18.0 Å². The number of hydrogen-bond acceptors (Lipinski definition) is 5. The van der Waals surface area contributed by atoms with Gasteiger partial charge in [0.2, 0.25) is 5.95 Å². The molecule has 0 spiro atoms. The summed E-state index contributed by atoms with van der Waals surface area (Å²) in [5.41, 5.74) is 1.88. The minimum atomic E-state index is -0.259. The Morgan fingerprint density at radius 1 is 1.15 bits per heavy atom. The number of hydrogen-bond donors (Lipinski definition) is 1. The predicted molar refractivity (Wildman–Crippen MR) is 111 cm³/mol. The van der Waals surface area contributed by atoms with E-state index in [0.717, 1.165) is 37.2 Å². The highest BCUT2D eigenvalue weighted by Crippen LogP contribution is 2.23. The first-order valence-electron chi connectivity index (χ1n) is 9.01. The van der Waals surface area contributed by atoms with Gasteiger partial charge in [-0.05, 0) is 50.8 Å². The molecule has 0 unspecified atom stereocenters. The fraction of sp³-hybridized carbons (Fsp3) is 0.368. The van der Waals surface area contributed by atoms with E-state index in [2.05, 4.69) is 19.9 Å². The Bertz CT molecular complexity index is 1150. The van der Waals surface area contributed by atoms with Gasteiger partial charge in [0.25, 0.3) is 5.56 Å². The number of H-pyrrole nitrogens is 1. The van der Waals surface area contributed by atoms with E-state index in [1.165, 1.54) is 6.42 Å². The van der Waals surface area contributed by atoms with Crippen LogP contribution in [0.5, 0.6) is 0 Å². The molecule has 0 aliphatic carbocycles. The molecule has 3 aromatic rings. The molecule has 0 atom stereocenters. The van der Waals surface area contributed by atoms with Crippen molar-refractivity contribution in [2.24, 2.45) is 0 Å². The Hall–Kier alpha value is -2.25. The molecule has 1 fully saturated rings. The molecule has 27 heavy (non-hydrogen) atoms. The van der Waals surface area contributed by atoms with Gasteiger partial charge in [-0.15, -0.1) is 0 Å². The molecule has 1 saturated heterocycles. The third kappa shape index (κ3) is 3.26. The number of benzene rings is 1. The zero-order valence-corrected chi connectivity index (χ0v) is 16.8. The van der Waals surface area contributed by atoms with Gasteiger partial charge in [0.1, 0.15) is 15.9 Å². The number of nitrogens with zero attached hydrogens (tertiary/aromatic N) is 4. The van der Waals surface area contributed by atoms with Crippen molar-refractivity contribution in [3.05, 3.63) is 49.6 Å². The molecule has 1 aliphatic heterocycles. The van der Waals surface area contributed by atoms with Crippen molar-refractivity contribution in [1.29, 1.82) is 0 Å². The molecular weight excluding hydrogens is 382 g/mol. The fourth-order valence-corrected chi connectivity index (χ4v) is 4.06. The molecule has 6 nitrogen and oxygen atoms in total. The van der Waals surface area contributed by atoms with Crippen molar-refractivity contribution in [2.45, 2.75) is 33.1 Å². The Balaban J connectivity index is 1.91. The summed E-state index contributed by atoms with van der Waals surface area (Å²) in [6.45, 7) is 5.58. The van der Waals surface area contributed by atoms with E-state index in [4.69, 9.17) is 23.8 Å². The van der Waals surface area contributed by atoms with Crippen LogP contribution in [0.1, 0.15) is 30.7 Å². The second-order valence-corrected chi connectivity index (χ2v) is 7.66. The minimum absolute atomic E-state index is 0.259.